The van der Waals surface area contributed by atoms with Gasteiger partial charge in [-0.05, 0) is 42.9 Å². The standard InChI is InChI=1S/C33H47N5O3S2/c1-4-9-30(39)36-28(20-31-37-27-13-12-24(5-2)19-29(27)43-31)33(41)35-26(18-25-10-7-6-8-11-25)21-34-32(40)23(3)22-38-14-16-42-17-15-38/h12-13,19,25,28H,3-11,14-18,20-22H2,1-2H3,(H,34,40)(H,36,39)/t28-/m0/s1. The molecular formula is C33H47N5O3S2. The van der Waals surface area contributed by atoms with Gasteiger partial charge in [-0.25, -0.2) is 9.98 Å². The molecule has 0 spiro atoms. The Morgan fingerprint density at radius 1 is 1.14 bits per heavy atom. The number of rotatable bonds is 14. The summed E-state index contributed by atoms with van der Waals surface area (Å²) in [4.78, 5) is 51.0. The van der Waals surface area contributed by atoms with Crippen molar-refractivity contribution >= 4 is 56.7 Å². The fraction of sp³-hybridized carbons (Fsp3) is 0.606. The molecule has 1 aromatic heterocycles. The predicted octanol–water partition coefficient (Wildman–Crippen LogP) is 5.35. The number of nitrogens with one attached hydrogen (secondary N) is 2. The van der Waals surface area contributed by atoms with Crippen LogP contribution in [0.15, 0.2) is 35.3 Å². The van der Waals surface area contributed by atoms with Gasteiger partial charge in [-0.3, -0.25) is 19.3 Å². The molecular weight excluding hydrogens is 579 g/mol. The molecule has 0 radical (unpaired) electrons. The Bertz CT molecular complexity index is 1290. The van der Waals surface area contributed by atoms with E-state index in [9.17, 15) is 14.4 Å². The van der Waals surface area contributed by atoms with Gasteiger partial charge in [-0.15, -0.1) is 11.3 Å². The minimum absolute atomic E-state index is 0.167. The van der Waals surface area contributed by atoms with Gasteiger partial charge in [0.2, 0.25) is 11.8 Å². The van der Waals surface area contributed by atoms with Crippen LogP contribution < -0.4 is 10.6 Å². The van der Waals surface area contributed by atoms with E-state index < -0.39 is 6.04 Å². The fourth-order valence-electron chi connectivity index (χ4n) is 5.72. The number of carbonyl (C=O) groups excluding carboxylic acids is 3. The summed E-state index contributed by atoms with van der Waals surface area (Å²) in [5, 5.41) is 6.72. The lowest BCUT2D eigenvalue weighted by Crippen LogP contribution is -2.42. The summed E-state index contributed by atoms with van der Waals surface area (Å²) in [6.07, 6.45) is 8.72. The normalized spacial score (nSPS) is 17.5. The van der Waals surface area contributed by atoms with Gasteiger partial charge in [0.1, 0.15) is 6.04 Å². The minimum atomic E-state index is -0.811. The number of aromatic nitrogens is 1. The number of fused-ring (bicyclic) bond motifs is 1. The quantitative estimate of drug-likeness (QED) is 0.217. The van der Waals surface area contributed by atoms with Crippen LogP contribution in [0, 0.1) is 5.92 Å². The lowest BCUT2D eigenvalue weighted by Gasteiger charge is -2.26. The first-order valence-electron chi connectivity index (χ1n) is 15.9. The smallest absolute Gasteiger partial charge is 0.268 e. The highest BCUT2D eigenvalue weighted by Gasteiger charge is 2.25. The number of benzene rings is 1. The lowest BCUT2D eigenvalue weighted by molar-refractivity contribution is -0.127. The van der Waals surface area contributed by atoms with E-state index in [1.54, 1.807) is 11.3 Å². The van der Waals surface area contributed by atoms with Crippen LogP contribution in [-0.4, -0.2) is 77.0 Å². The minimum Gasteiger partial charge on any atom is -0.347 e. The summed E-state index contributed by atoms with van der Waals surface area (Å²) >= 11 is 3.49. The van der Waals surface area contributed by atoms with E-state index >= 15 is 0 Å². The first kappa shape index (κ1) is 33.3. The van der Waals surface area contributed by atoms with Crippen LogP contribution >= 0.6 is 23.1 Å². The Kier molecular flexibility index (Phi) is 13.2. The molecule has 1 aromatic carbocycles. The Balaban J connectivity index is 1.49. The number of thioether (sulfide) groups is 1. The van der Waals surface area contributed by atoms with E-state index in [0.717, 1.165) is 59.1 Å². The van der Waals surface area contributed by atoms with Gasteiger partial charge in [0.15, 0.2) is 0 Å². The number of nitrogens with zero attached hydrogens (tertiary/aromatic N) is 3. The molecule has 2 heterocycles. The van der Waals surface area contributed by atoms with E-state index in [-0.39, 0.29) is 30.7 Å². The SMILES string of the molecule is C=C(CN1CCSCC1)C(=O)NCC(CC1CCCCC1)=NC(=O)[C@H](Cc1nc2ccc(CC)cc2s1)NC(=O)CCC. The monoisotopic (exact) mass is 625 g/mol. The van der Waals surface area contributed by atoms with Crippen LogP contribution in [0.2, 0.25) is 0 Å². The van der Waals surface area contributed by atoms with Crippen molar-refractivity contribution < 1.29 is 14.4 Å². The maximum atomic E-state index is 13.7. The number of thiazole rings is 1. The molecule has 43 heavy (non-hydrogen) atoms. The maximum Gasteiger partial charge on any atom is 0.268 e. The van der Waals surface area contributed by atoms with Gasteiger partial charge in [0.25, 0.3) is 5.91 Å². The van der Waals surface area contributed by atoms with E-state index in [1.165, 1.54) is 24.8 Å². The Labute approximate surface area is 264 Å². The van der Waals surface area contributed by atoms with Crippen LogP contribution in [0.5, 0.6) is 0 Å². The topological polar surface area (TPSA) is 104 Å². The lowest BCUT2D eigenvalue weighted by atomic mass is 9.85. The van der Waals surface area contributed by atoms with E-state index in [0.29, 0.717) is 43.0 Å². The first-order valence-corrected chi connectivity index (χ1v) is 17.9. The molecule has 1 aliphatic carbocycles. The van der Waals surface area contributed by atoms with Crippen LogP contribution in [0.1, 0.15) is 75.8 Å². The Morgan fingerprint density at radius 3 is 2.63 bits per heavy atom. The Hall–Kier alpha value is -2.56. The third-order valence-corrected chi connectivity index (χ3v) is 10.2. The van der Waals surface area contributed by atoms with Crippen molar-refractivity contribution in [3.8, 4) is 0 Å². The second-order valence-corrected chi connectivity index (χ2v) is 14.1. The molecule has 1 aliphatic heterocycles. The number of amides is 3. The van der Waals surface area contributed by atoms with Crippen molar-refractivity contribution in [2.45, 2.75) is 84.1 Å². The molecule has 4 rings (SSSR count). The molecule has 2 aliphatic rings. The third-order valence-electron chi connectivity index (χ3n) is 8.20. The van der Waals surface area contributed by atoms with Crippen molar-refractivity contribution in [2.75, 3.05) is 37.7 Å². The molecule has 2 fully saturated rings. The fourth-order valence-corrected chi connectivity index (χ4v) is 7.77. The van der Waals surface area contributed by atoms with Crippen LogP contribution in [-0.2, 0) is 27.2 Å². The molecule has 2 aromatic rings. The summed E-state index contributed by atoms with van der Waals surface area (Å²) in [6, 6.07) is 5.43. The predicted molar refractivity (Wildman–Crippen MR) is 179 cm³/mol. The highest BCUT2D eigenvalue weighted by Crippen LogP contribution is 2.27. The number of carbonyl (C=O) groups is 3. The molecule has 1 saturated carbocycles. The van der Waals surface area contributed by atoms with Gasteiger partial charge in [-0.2, -0.15) is 11.8 Å². The van der Waals surface area contributed by atoms with Crippen molar-refractivity contribution in [1.29, 1.82) is 0 Å². The van der Waals surface area contributed by atoms with Gasteiger partial charge in [0.05, 0.1) is 21.8 Å². The second kappa shape index (κ2) is 17.1. The van der Waals surface area contributed by atoms with E-state index in [4.69, 9.17) is 4.98 Å². The summed E-state index contributed by atoms with van der Waals surface area (Å²) < 4.78 is 1.08. The number of hydrogen-bond donors (Lipinski definition) is 2. The van der Waals surface area contributed by atoms with Gasteiger partial charge in [-0.1, -0.05) is 58.6 Å². The average molecular weight is 626 g/mol. The summed E-state index contributed by atoms with van der Waals surface area (Å²) in [7, 11) is 0. The maximum absolute atomic E-state index is 13.7. The van der Waals surface area contributed by atoms with E-state index in [1.807, 2.05) is 24.8 Å². The van der Waals surface area contributed by atoms with Crippen molar-refractivity contribution in [3.63, 3.8) is 0 Å². The number of aryl methyl sites for hydroxylation is 1. The molecule has 10 heteroatoms. The molecule has 1 atom stereocenters. The molecule has 0 bridgehead atoms. The van der Waals surface area contributed by atoms with Crippen molar-refractivity contribution in [2.24, 2.45) is 10.9 Å². The third kappa shape index (κ3) is 10.5. The molecule has 1 saturated heterocycles. The zero-order valence-corrected chi connectivity index (χ0v) is 27.4. The molecule has 0 unspecified atom stereocenters. The van der Waals surface area contributed by atoms with Gasteiger partial charge in [0, 0.05) is 55.3 Å². The second-order valence-electron chi connectivity index (χ2n) is 11.7. The zero-order valence-electron chi connectivity index (χ0n) is 25.8. The van der Waals surface area contributed by atoms with Crippen molar-refractivity contribution in [3.05, 3.63) is 40.9 Å². The van der Waals surface area contributed by atoms with Crippen LogP contribution in [0.3, 0.4) is 0 Å². The van der Waals surface area contributed by atoms with Crippen molar-refractivity contribution in [1.82, 2.24) is 20.5 Å². The number of hydrogen-bond acceptors (Lipinski definition) is 7. The summed E-state index contributed by atoms with van der Waals surface area (Å²) in [5.41, 5.74) is 3.33. The van der Waals surface area contributed by atoms with Gasteiger partial charge < -0.3 is 10.6 Å². The highest BCUT2D eigenvalue weighted by molar-refractivity contribution is 7.99. The number of aliphatic imine (C=N–C) groups is 1. The molecule has 3 amide bonds. The first-order chi connectivity index (χ1) is 20.8. The van der Waals surface area contributed by atoms with Crippen LogP contribution in [0.25, 0.3) is 10.2 Å². The largest absolute Gasteiger partial charge is 0.347 e. The average Bonchev–Trinajstić information content (AvgIpc) is 3.42. The van der Waals surface area contributed by atoms with Gasteiger partial charge >= 0.3 is 0 Å². The molecule has 2 N–H and O–H groups in total. The summed E-state index contributed by atoms with van der Waals surface area (Å²) in [6.45, 7) is 10.8. The van der Waals surface area contributed by atoms with Crippen LogP contribution in [0.4, 0.5) is 0 Å². The highest BCUT2D eigenvalue weighted by atomic mass is 32.2. The van der Waals surface area contributed by atoms with E-state index in [2.05, 4.69) is 46.2 Å². The molecule has 8 nitrogen and oxygen atoms in total. The molecule has 234 valence electrons. The zero-order chi connectivity index (χ0) is 30.6. The Morgan fingerprint density at radius 2 is 1.91 bits per heavy atom. The summed E-state index contributed by atoms with van der Waals surface area (Å²) in [5.74, 6) is 1.83.